The number of hydrogen-bond acceptors (Lipinski definition) is 3. The minimum Gasteiger partial charge on any atom is -0.330 e. The monoisotopic (exact) mass is 192 g/mol. The van der Waals surface area contributed by atoms with Gasteiger partial charge in [-0.25, -0.2) is 0 Å². The second kappa shape index (κ2) is 4.86. The zero-order valence-electron chi connectivity index (χ0n) is 8.60. The Labute approximate surface area is 84.3 Å². The molecule has 2 N–H and O–H groups in total. The van der Waals surface area contributed by atoms with E-state index in [1.807, 2.05) is 19.9 Å². The lowest BCUT2D eigenvalue weighted by Gasteiger charge is -2.16. The van der Waals surface area contributed by atoms with E-state index in [-0.39, 0.29) is 17.6 Å². The van der Waals surface area contributed by atoms with Crippen molar-refractivity contribution >= 4 is 5.78 Å². The summed E-state index contributed by atoms with van der Waals surface area (Å²) in [6.07, 6.45) is 1.63. The molecule has 0 spiro atoms. The van der Waals surface area contributed by atoms with Crippen LogP contribution in [-0.2, 0) is 0 Å². The molecule has 1 heterocycles. The third kappa shape index (κ3) is 2.39. The number of nitrogens with two attached hydrogens (primary N) is 1. The van der Waals surface area contributed by atoms with Crippen molar-refractivity contribution in [2.24, 2.45) is 17.6 Å². The second-order valence-corrected chi connectivity index (χ2v) is 3.67. The number of carbonyl (C=O) groups excluding carboxylic acids is 1. The highest BCUT2D eigenvalue weighted by molar-refractivity contribution is 5.96. The Hall–Kier alpha value is -1.22. The fourth-order valence-corrected chi connectivity index (χ4v) is 1.38. The molecule has 1 rings (SSSR count). The van der Waals surface area contributed by atoms with Crippen molar-refractivity contribution in [2.75, 3.05) is 6.54 Å². The molecule has 14 heavy (non-hydrogen) atoms. The lowest BCUT2D eigenvalue weighted by Crippen LogP contribution is -2.28. The average molecular weight is 192 g/mol. The largest absolute Gasteiger partial charge is 0.330 e. The van der Waals surface area contributed by atoms with E-state index in [1.54, 1.807) is 18.3 Å². The van der Waals surface area contributed by atoms with E-state index >= 15 is 0 Å². The van der Waals surface area contributed by atoms with Gasteiger partial charge in [0.05, 0.1) is 0 Å². The number of hydrogen-bond donors (Lipinski definition) is 1. The first-order valence-electron chi connectivity index (χ1n) is 4.82. The molecule has 0 aliphatic heterocycles. The standard InChI is InChI=1S/C11H16N2O/c1-8(2)9(7-12)11(14)10-5-3-4-6-13-10/h3-6,8-9H,7,12H2,1-2H3. The molecular weight excluding hydrogens is 176 g/mol. The van der Waals surface area contributed by atoms with Crippen LogP contribution < -0.4 is 5.73 Å². The fraction of sp³-hybridized carbons (Fsp3) is 0.455. The molecule has 0 radical (unpaired) electrons. The first kappa shape index (κ1) is 10.9. The third-order valence-corrected chi connectivity index (χ3v) is 2.31. The number of Topliss-reactive ketones (excluding diaryl/α,β-unsaturated/α-hetero) is 1. The number of aromatic nitrogens is 1. The van der Waals surface area contributed by atoms with Crippen molar-refractivity contribution in [3.8, 4) is 0 Å². The van der Waals surface area contributed by atoms with Crippen LogP contribution >= 0.6 is 0 Å². The Balaban J connectivity index is 2.84. The van der Waals surface area contributed by atoms with Crippen LogP contribution in [-0.4, -0.2) is 17.3 Å². The highest BCUT2D eigenvalue weighted by atomic mass is 16.1. The van der Waals surface area contributed by atoms with E-state index in [1.165, 1.54) is 0 Å². The van der Waals surface area contributed by atoms with Crippen molar-refractivity contribution in [3.05, 3.63) is 30.1 Å². The molecule has 0 aliphatic carbocycles. The summed E-state index contributed by atoms with van der Waals surface area (Å²) in [5.74, 6) is 0.183. The molecule has 0 aromatic carbocycles. The van der Waals surface area contributed by atoms with Gasteiger partial charge in [-0.1, -0.05) is 19.9 Å². The quantitative estimate of drug-likeness (QED) is 0.735. The van der Waals surface area contributed by atoms with Gasteiger partial charge < -0.3 is 5.73 Å². The highest BCUT2D eigenvalue weighted by Gasteiger charge is 2.22. The Morgan fingerprint density at radius 3 is 2.64 bits per heavy atom. The summed E-state index contributed by atoms with van der Waals surface area (Å²) in [4.78, 5) is 15.9. The van der Waals surface area contributed by atoms with Gasteiger partial charge in [0.2, 0.25) is 0 Å². The Bertz CT molecular complexity index is 295. The van der Waals surface area contributed by atoms with Crippen molar-refractivity contribution in [1.29, 1.82) is 0 Å². The van der Waals surface area contributed by atoms with Gasteiger partial charge in [-0.3, -0.25) is 9.78 Å². The SMILES string of the molecule is CC(C)C(CN)C(=O)c1ccccn1. The molecule has 0 fully saturated rings. The number of pyridine rings is 1. The summed E-state index contributed by atoms with van der Waals surface area (Å²) in [5.41, 5.74) is 6.07. The smallest absolute Gasteiger partial charge is 0.185 e. The summed E-state index contributed by atoms with van der Waals surface area (Å²) in [6.45, 7) is 4.38. The summed E-state index contributed by atoms with van der Waals surface area (Å²) in [7, 11) is 0. The van der Waals surface area contributed by atoms with E-state index < -0.39 is 0 Å². The van der Waals surface area contributed by atoms with Crippen molar-refractivity contribution in [2.45, 2.75) is 13.8 Å². The van der Waals surface area contributed by atoms with Gasteiger partial charge in [-0.15, -0.1) is 0 Å². The number of carbonyl (C=O) groups is 1. The van der Waals surface area contributed by atoms with Gasteiger partial charge in [0.15, 0.2) is 5.78 Å². The second-order valence-electron chi connectivity index (χ2n) is 3.67. The predicted molar refractivity (Wildman–Crippen MR) is 55.9 cm³/mol. The topological polar surface area (TPSA) is 56.0 Å². The first-order chi connectivity index (χ1) is 6.66. The van der Waals surface area contributed by atoms with Gasteiger partial charge in [0.1, 0.15) is 5.69 Å². The van der Waals surface area contributed by atoms with Gasteiger partial charge in [-0.2, -0.15) is 0 Å². The van der Waals surface area contributed by atoms with E-state index in [2.05, 4.69) is 4.98 Å². The molecule has 1 aromatic rings. The maximum Gasteiger partial charge on any atom is 0.185 e. The van der Waals surface area contributed by atoms with Crippen LogP contribution in [0.5, 0.6) is 0 Å². The molecule has 0 bridgehead atoms. The van der Waals surface area contributed by atoms with Gasteiger partial charge >= 0.3 is 0 Å². The molecule has 0 aliphatic rings. The highest BCUT2D eigenvalue weighted by Crippen LogP contribution is 2.14. The number of ketones is 1. The minimum absolute atomic E-state index is 0.0445. The molecule has 3 heteroatoms. The zero-order chi connectivity index (χ0) is 10.6. The summed E-state index contributed by atoms with van der Waals surface area (Å²) in [5, 5.41) is 0. The van der Waals surface area contributed by atoms with Crippen LogP contribution in [0.1, 0.15) is 24.3 Å². The van der Waals surface area contributed by atoms with E-state index in [0.29, 0.717) is 12.2 Å². The van der Waals surface area contributed by atoms with Crippen LogP contribution in [0, 0.1) is 11.8 Å². The lowest BCUT2D eigenvalue weighted by molar-refractivity contribution is 0.0887. The van der Waals surface area contributed by atoms with Crippen LogP contribution in [0.2, 0.25) is 0 Å². The van der Waals surface area contributed by atoms with Gasteiger partial charge in [-0.05, 0) is 18.1 Å². The normalized spacial score (nSPS) is 12.9. The summed E-state index contributed by atoms with van der Waals surface area (Å²) >= 11 is 0. The lowest BCUT2D eigenvalue weighted by atomic mass is 9.90. The van der Waals surface area contributed by atoms with Crippen molar-refractivity contribution < 1.29 is 4.79 Å². The fourth-order valence-electron chi connectivity index (χ4n) is 1.38. The maximum absolute atomic E-state index is 11.9. The van der Waals surface area contributed by atoms with E-state index in [9.17, 15) is 4.79 Å². The van der Waals surface area contributed by atoms with Crippen LogP contribution in [0.15, 0.2) is 24.4 Å². The molecule has 1 aromatic heterocycles. The molecule has 1 atom stereocenters. The first-order valence-corrected chi connectivity index (χ1v) is 4.82. The minimum atomic E-state index is -0.120. The Kier molecular flexibility index (Phi) is 3.77. The van der Waals surface area contributed by atoms with Crippen LogP contribution in [0.3, 0.4) is 0 Å². The summed E-state index contributed by atoms with van der Waals surface area (Å²) in [6, 6.07) is 5.34. The summed E-state index contributed by atoms with van der Waals surface area (Å²) < 4.78 is 0. The number of rotatable bonds is 4. The third-order valence-electron chi connectivity index (χ3n) is 2.31. The van der Waals surface area contributed by atoms with Gasteiger partial charge in [0, 0.05) is 18.7 Å². The molecule has 1 unspecified atom stereocenters. The van der Waals surface area contributed by atoms with E-state index in [0.717, 1.165) is 0 Å². The van der Waals surface area contributed by atoms with Crippen LogP contribution in [0.25, 0.3) is 0 Å². The number of nitrogens with zero attached hydrogens (tertiary/aromatic N) is 1. The zero-order valence-corrected chi connectivity index (χ0v) is 8.60. The van der Waals surface area contributed by atoms with Crippen molar-refractivity contribution in [1.82, 2.24) is 4.98 Å². The predicted octanol–water partition coefficient (Wildman–Crippen LogP) is 1.50. The molecular formula is C11H16N2O. The van der Waals surface area contributed by atoms with Crippen LogP contribution in [0.4, 0.5) is 0 Å². The van der Waals surface area contributed by atoms with Gasteiger partial charge in [0.25, 0.3) is 0 Å². The van der Waals surface area contributed by atoms with Crippen molar-refractivity contribution in [3.63, 3.8) is 0 Å². The molecule has 0 saturated heterocycles. The maximum atomic E-state index is 11.9. The molecule has 3 nitrogen and oxygen atoms in total. The Morgan fingerprint density at radius 1 is 1.50 bits per heavy atom. The average Bonchev–Trinajstić information content (AvgIpc) is 2.19. The molecule has 76 valence electrons. The Morgan fingerprint density at radius 2 is 2.21 bits per heavy atom. The molecule has 0 amide bonds. The molecule has 0 saturated carbocycles. The van der Waals surface area contributed by atoms with E-state index in [4.69, 9.17) is 5.73 Å².